The van der Waals surface area contributed by atoms with Gasteiger partial charge in [0.25, 0.3) is 0 Å². The van der Waals surface area contributed by atoms with E-state index in [4.69, 9.17) is 14.2 Å². The van der Waals surface area contributed by atoms with Gasteiger partial charge in [-0.2, -0.15) is 0 Å². The maximum absolute atomic E-state index is 11.9. The van der Waals surface area contributed by atoms with E-state index in [0.29, 0.717) is 37.2 Å². The van der Waals surface area contributed by atoms with E-state index in [1.165, 1.54) is 35.1 Å². The third-order valence-electron chi connectivity index (χ3n) is 7.40. The van der Waals surface area contributed by atoms with Crippen molar-refractivity contribution in [2.75, 3.05) is 56.8 Å². The van der Waals surface area contributed by atoms with Crippen molar-refractivity contribution in [3.8, 4) is 17.6 Å². The SMILES string of the molecule is CCc1c(C#CCNc2ccc(S(C)(=O)=O)cc2OC)sc2c(NC3CCN(CC4COC(=O)O4)CC3)cccc12. The van der Waals surface area contributed by atoms with Crippen LogP contribution in [-0.4, -0.2) is 77.8 Å². The van der Waals surface area contributed by atoms with Crippen LogP contribution < -0.4 is 15.4 Å². The molecular formula is C30H35N3O6S2. The highest BCUT2D eigenvalue weighted by Gasteiger charge is 2.29. The van der Waals surface area contributed by atoms with Crippen LogP contribution >= 0.6 is 11.3 Å². The van der Waals surface area contributed by atoms with Gasteiger partial charge in [0.05, 0.1) is 39.5 Å². The molecule has 3 heterocycles. The normalized spacial score (nSPS) is 17.9. The van der Waals surface area contributed by atoms with Gasteiger partial charge in [0.15, 0.2) is 15.9 Å². The van der Waals surface area contributed by atoms with Crippen molar-refractivity contribution in [3.05, 3.63) is 46.8 Å². The fraction of sp³-hybridized carbons (Fsp3) is 0.433. The number of benzene rings is 2. The number of sulfone groups is 1. The predicted molar refractivity (Wildman–Crippen MR) is 162 cm³/mol. The largest absolute Gasteiger partial charge is 0.508 e. The molecule has 1 aromatic heterocycles. The number of ether oxygens (including phenoxy) is 3. The second-order valence-electron chi connectivity index (χ2n) is 10.3. The van der Waals surface area contributed by atoms with Gasteiger partial charge in [-0.15, -0.1) is 11.3 Å². The molecule has 0 bridgehead atoms. The average molecular weight is 598 g/mol. The van der Waals surface area contributed by atoms with Crippen LogP contribution in [0.5, 0.6) is 5.75 Å². The van der Waals surface area contributed by atoms with Gasteiger partial charge >= 0.3 is 6.16 Å². The second-order valence-corrected chi connectivity index (χ2v) is 13.3. The third kappa shape index (κ3) is 6.89. The zero-order chi connectivity index (χ0) is 29.0. The molecule has 3 aromatic rings. The molecule has 1 unspecified atom stereocenters. The second kappa shape index (κ2) is 12.6. The molecule has 2 N–H and O–H groups in total. The molecule has 1 atom stereocenters. The monoisotopic (exact) mass is 597 g/mol. The predicted octanol–water partition coefficient (Wildman–Crippen LogP) is 4.75. The van der Waals surface area contributed by atoms with E-state index in [1.54, 1.807) is 23.5 Å². The number of methoxy groups -OCH3 is 1. The number of anilines is 2. The summed E-state index contributed by atoms with van der Waals surface area (Å²) in [6, 6.07) is 11.6. The maximum Gasteiger partial charge on any atom is 0.508 e. The number of carbonyl (C=O) groups is 1. The fourth-order valence-electron chi connectivity index (χ4n) is 5.27. The first kappa shape index (κ1) is 29.0. The Labute approximate surface area is 245 Å². The van der Waals surface area contributed by atoms with Gasteiger partial charge in [-0.3, -0.25) is 4.90 Å². The molecule has 9 nitrogen and oxygen atoms in total. The molecular weight excluding hydrogens is 562 g/mol. The molecule has 41 heavy (non-hydrogen) atoms. The van der Waals surface area contributed by atoms with E-state index in [1.807, 2.05) is 0 Å². The highest BCUT2D eigenvalue weighted by atomic mass is 32.2. The quantitative estimate of drug-likeness (QED) is 0.267. The summed E-state index contributed by atoms with van der Waals surface area (Å²) in [7, 11) is -1.80. The van der Waals surface area contributed by atoms with Crippen molar-refractivity contribution >= 4 is 48.8 Å². The fourth-order valence-corrected chi connectivity index (χ4v) is 7.15. The Bertz CT molecular complexity index is 1580. The Balaban J connectivity index is 1.24. The summed E-state index contributed by atoms with van der Waals surface area (Å²) in [5, 5.41) is 8.26. The number of piperidine rings is 1. The number of likely N-dealkylation sites (tertiary alicyclic amines) is 1. The maximum atomic E-state index is 11.9. The zero-order valence-electron chi connectivity index (χ0n) is 23.5. The number of aryl methyl sites for hydroxylation is 1. The first-order chi connectivity index (χ1) is 19.7. The molecule has 0 saturated carbocycles. The minimum Gasteiger partial charge on any atom is -0.495 e. The topological polar surface area (TPSA) is 106 Å². The van der Waals surface area contributed by atoms with Crippen LogP contribution in [0, 0.1) is 11.8 Å². The molecule has 2 aliphatic rings. The van der Waals surface area contributed by atoms with E-state index < -0.39 is 16.0 Å². The number of rotatable bonds is 9. The molecule has 0 amide bonds. The molecule has 2 fully saturated rings. The third-order valence-corrected chi connectivity index (χ3v) is 9.71. The summed E-state index contributed by atoms with van der Waals surface area (Å²) in [6.07, 6.45) is 3.35. The lowest BCUT2D eigenvalue weighted by molar-refractivity contribution is 0.0945. The molecule has 218 valence electrons. The van der Waals surface area contributed by atoms with Crippen LogP contribution in [0.15, 0.2) is 41.3 Å². The summed E-state index contributed by atoms with van der Waals surface area (Å²) < 4.78 is 40.4. The van der Waals surface area contributed by atoms with Gasteiger partial charge in [-0.25, -0.2) is 13.2 Å². The van der Waals surface area contributed by atoms with Crippen molar-refractivity contribution in [1.29, 1.82) is 0 Å². The van der Waals surface area contributed by atoms with Gasteiger partial charge < -0.3 is 24.8 Å². The Morgan fingerprint density at radius 2 is 1.98 bits per heavy atom. The zero-order valence-corrected chi connectivity index (χ0v) is 25.1. The number of thiophene rings is 1. The summed E-state index contributed by atoms with van der Waals surface area (Å²) in [5.41, 5.74) is 3.08. The van der Waals surface area contributed by atoms with Gasteiger partial charge in [0, 0.05) is 38.0 Å². The highest BCUT2D eigenvalue weighted by molar-refractivity contribution is 7.90. The van der Waals surface area contributed by atoms with Gasteiger partial charge in [-0.05, 0) is 48.4 Å². The Morgan fingerprint density at radius 3 is 2.66 bits per heavy atom. The summed E-state index contributed by atoms with van der Waals surface area (Å²) in [6.45, 7) is 5.48. The van der Waals surface area contributed by atoms with Crippen LogP contribution in [0.3, 0.4) is 0 Å². The van der Waals surface area contributed by atoms with Gasteiger partial charge in [0.2, 0.25) is 0 Å². The molecule has 0 aliphatic carbocycles. The molecule has 11 heteroatoms. The number of carbonyl (C=O) groups excluding carboxylic acids is 1. The first-order valence-electron chi connectivity index (χ1n) is 13.7. The Hall–Kier alpha value is -3.46. The smallest absolute Gasteiger partial charge is 0.495 e. The summed E-state index contributed by atoms with van der Waals surface area (Å²) in [5.74, 6) is 7.05. The van der Waals surface area contributed by atoms with E-state index in [-0.39, 0.29) is 11.0 Å². The van der Waals surface area contributed by atoms with Crippen molar-refractivity contribution < 1.29 is 27.4 Å². The number of hydrogen-bond donors (Lipinski definition) is 2. The van der Waals surface area contributed by atoms with E-state index in [0.717, 1.165) is 42.9 Å². The first-order valence-corrected chi connectivity index (χ1v) is 16.4. The van der Waals surface area contributed by atoms with Gasteiger partial charge in [0.1, 0.15) is 12.4 Å². The molecule has 0 radical (unpaired) electrons. The van der Waals surface area contributed by atoms with Crippen molar-refractivity contribution in [1.82, 2.24) is 4.90 Å². The number of fused-ring (bicyclic) bond motifs is 1. The van der Waals surface area contributed by atoms with Crippen molar-refractivity contribution in [3.63, 3.8) is 0 Å². The minimum absolute atomic E-state index is 0.170. The molecule has 2 saturated heterocycles. The standard InChI is InChI=1S/C30H35N3O6S2/c1-4-23-24-7-5-8-26(32-20-12-15-33(16-13-20)18-21-19-38-30(34)39-21)29(24)40-28(23)9-6-14-31-25-11-10-22(41(3,35)36)17-27(25)37-2/h5,7-8,10-11,17,20-21,31-32H,4,12-16,18-19H2,1-3H3. The van der Waals surface area contributed by atoms with Crippen LogP contribution in [0.25, 0.3) is 10.1 Å². The lowest BCUT2D eigenvalue weighted by atomic mass is 10.0. The number of nitrogens with zero attached hydrogens (tertiary/aromatic N) is 1. The van der Waals surface area contributed by atoms with E-state index >= 15 is 0 Å². The minimum atomic E-state index is -3.32. The van der Waals surface area contributed by atoms with Crippen molar-refractivity contribution in [2.45, 2.75) is 43.2 Å². The molecule has 0 spiro atoms. The number of nitrogens with one attached hydrogen (secondary N) is 2. The highest BCUT2D eigenvalue weighted by Crippen LogP contribution is 2.37. The molecule has 2 aliphatic heterocycles. The molecule has 2 aromatic carbocycles. The number of hydrogen-bond acceptors (Lipinski definition) is 10. The van der Waals surface area contributed by atoms with Crippen LogP contribution in [0.1, 0.15) is 30.2 Å². The van der Waals surface area contributed by atoms with Crippen LogP contribution in [0.2, 0.25) is 0 Å². The van der Waals surface area contributed by atoms with Crippen molar-refractivity contribution in [2.24, 2.45) is 0 Å². The number of cyclic esters (lactones) is 2. The van der Waals surface area contributed by atoms with E-state index in [9.17, 15) is 13.2 Å². The average Bonchev–Trinajstić information content (AvgIpc) is 3.54. The van der Waals surface area contributed by atoms with Gasteiger partial charge in [-0.1, -0.05) is 30.9 Å². The summed E-state index contributed by atoms with van der Waals surface area (Å²) >= 11 is 1.72. The Kier molecular flexibility index (Phi) is 8.92. The van der Waals surface area contributed by atoms with E-state index in [2.05, 4.69) is 52.5 Å². The summed E-state index contributed by atoms with van der Waals surface area (Å²) in [4.78, 5) is 14.8. The lowest BCUT2D eigenvalue weighted by Crippen LogP contribution is -2.43. The van der Waals surface area contributed by atoms with Crippen LogP contribution in [0.4, 0.5) is 16.2 Å². The van der Waals surface area contributed by atoms with Crippen LogP contribution in [-0.2, 0) is 25.7 Å². The lowest BCUT2D eigenvalue weighted by Gasteiger charge is -2.33. The Morgan fingerprint density at radius 1 is 1.17 bits per heavy atom. The molecule has 5 rings (SSSR count).